The number of Topliss-reactive ketones (excluding diaryl/α,β-unsaturated/α-hetero) is 1. The summed E-state index contributed by atoms with van der Waals surface area (Å²) in [6, 6.07) is 5.10. The lowest BCUT2D eigenvalue weighted by Crippen LogP contribution is -2.51. The molecule has 5 heteroatoms. The van der Waals surface area contributed by atoms with Gasteiger partial charge in [-0.2, -0.15) is 0 Å². The number of ether oxygens (including phenoxy) is 1. The second kappa shape index (κ2) is 6.31. The molecular formula is C20H24ClNO3. The molecule has 0 unspecified atom stereocenters. The fourth-order valence-electron chi connectivity index (χ4n) is 5.63. The van der Waals surface area contributed by atoms with Gasteiger partial charge in [0.1, 0.15) is 12.4 Å². The van der Waals surface area contributed by atoms with E-state index in [0.717, 1.165) is 37.0 Å². The smallest absolute Gasteiger partial charge is 0.221 e. The molecule has 5 rings (SSSR count). The lowest BCUT2D eigenvalue weighted by molar-refractivity contribution is -0.146. The van der Waals surface area contributed by atoms with E-state index >= 15 is 0 Å². The van der Waals surface area contributed by atoms with E-state index in [-0.39, 0.29) is 23.7 Å². The number of carbonyl (C=O) groups is 2. The number of carbonyl (C=O) groups excluding carboxylic acids is 2. The number of nitrogens with one attached hydrogen (secondary N) is 1. The quantitative estimate of drug-likeness (QED) is 0.842. The van der Waals surface area contributed by atoms with Crippen LogP contribution in [0.2, 0.25) is 5.02 Å². The van der Waals surface area contributed by atoms with Gasteiger partial charge in [-0.15, -0.1) is 0 Å². The first-order valence-corrected chi connectivity index (χ1v) is 9.54. The van der Waals surface area contributed by atoms with Crippen molar-refractivity contribution in [2.75, 3.05) is 11.9 Å². The van der Waals surface area contributed by atoms with Crippen molar-refractivity contribution in [3.8, 4) is 5.75 Å². The molecule has 1 aromatic carbocycles. The van der Waals surface area contributed by atoms with Crippen molar-refractivity contribution in [2.24, 2.45) is 23.2 Å². The van der Waals surface area contributed by atoms with Crippen molar-refractivity contribution in [1.82, 2.24) is 0 Å². The SMILES string of the molecule is CC(=O)Nc1ccc(OCC(=O)C23CC4CC(CC(C4)C2)C3)cc1Cl. The van der Waals surface area contributed by atoms with Crippen LogP contribution < -0.4 is 10.1 Å². The third-order valence-corrected chi connectivity index (χ3v) is 6.56. The zero-order chi connectivity index (χ0) is 17.6. The van der Waals surface area contributed by atoms with E-state index in [0.29, 0.717) is 16.5 Å². The Morgan fingerprint density at radius 3 is 2.28 bits per heavy atom. The maximum atomic E-state index is 13.0. The minimum Gasteiger partial charge on any atom is -0.486 e. The molecule has 1 N–H and O–H groups in total. The number of rotatable bonds is 5. The third-order valence-electron chi connectivity index (χ3n) is 6.25. The van der Waals surface area contributed by atoms with Crippen molar-refractivity contribution in [1.29, 1.82) is 0 Å². The second-order valence-electron chi connectivity index (χ2n) is 8.23. The summed E-state index contributed by atoms with van der Waals surface area (Å²) in [6.45, 7) is 1.55. The molecule has 1 amide bonds. The van der Waals surface area contributed by atoms with Crippen molar-refractivity contribution < 1.29 is 14.3 Å². The zero-order valence-corrected chi connectivity index (χ0v) is 15.3. The predicted octanol–water partition coefficient (Wildman–Crippen LogP) is 4.46. The Hall–Kier alpha value is -1.55. The van der Waals surface area contributed by atoms with Crippen LogP contribution in [0.25, 0.3) is 0 Å². The minimum absolute atomic E-state index is 0.113. The van der Waals surface area contributed by atoms with Gasteiger partial charge in [0, 0.05) is 18.4 Å². The Morgan fingerprint density at radius 1 is 1.16 bits per heavy atom. The van der Waals surface area contributed by atoms with E-state index in [1.165, 1.54) is 26.2 Å². The second-order valence-corrected chi connectivity index (χ2v) is 8.64. The molecule has 4 fully saturated rings. The molecule has 4 aliphatic carbocycles. The molecule has 1 aromatic rings. The Kier molecular flexibility index (Phi) is 4.27. The summed E-state index contributed by atoms with van der Waals surface area (Å²) >= 11 is 6.17. The molecule has 4 saturated carbocycles. The maximum absolute atomic E-state index is 13.0. The molecule has 25 heavy (non-hydrogen) atoms. The molecule has 4 nitrogen and oxygen atoms in total. The van der Waals surface area contributed by atoms with E-state index in [9.17, 15) is 9.59 Å². The van der Waals surface area contributed by atoms with Crippen molar-refractivity contribution in [3.05, 3.63) is 23.2 Å². The first-order chi connectivity index (χ1) is 11.9. The summed E-state index contributed by atoms with van der Waals surface area (Å²) in [6.07, 6.45) is 7.16. The van der Waals surface area contributed by atoms with Crippen LogP contribution in [0, 0.1) is 23.2 Å². The lowest BCUT2D eigenvalue weighted by Gasteiger charge is -2.55. The number of amides is 1. The van der Waals surface area contributed by atoms with E-state index < -0.39 is 0 Å². The van der Waals surface area contributed by atoms with Crippen LogP contribution in [-0.2, 0) is 9.59 Å². The van der Waals surface area contributed by atoms with Gasteiger partial charge in [0.05, 0.1) is 10.7 Å². The van der Waals surface area contributed by atoms with Crippen LogP contribution >= 0.6 is 11.6 Å². The Labute approximate surface area is 153 Å². The molecule has 4 bridgehead atoms. The molecule has 0 saturated heterocycles. The molecule has 0 atom stereocenters. The Bertz CT molecular complexity index is 680. The molecule has 0 aliphatic heterocycles. The molecule has 0 radical (unpaired) electrons. The summed E-state index contributed by atoms with van der Waals surface area (Å²) in [5, 5.41) is 3.07. The van der Waals surface area contributed by atoms with E-state index in [1.54, 1.807) is 18.2 Å². The summed E-state index contributed by atoms with van der Waals surface area (Å²) in [4.78, 5) is 24.1. The van der Waals surface area contributed by atoms with Gasteiger partial charge in [0.2, 0.25) is 5.91 Å². The number of ketones is 1. The van der Waals surface area contributed by atoms with Gasteiger partial charge < -0.3 is 10.1 Å². The topological polar surface area (TPSA) is 55.4 Å². The van der Waals surface area contributed by atoms with Crippen LogP contribution in [0.3, 0.4) is 0 Å². The highest BCUT2D eigenvalue weighted by Gasteiger charge is 2.54. The predicted molar refractivity (Wildman–Crippen MR) is 96.9 cm³/mol. The van der Waals surface area contributed by atoms with E-state index in [4.69, 9.17) is 16.3 Å². The van der Waals surface area contributed by atoms with Gasteiger partial charge in [-0.25, -0.2) is 0 Å². The summed E-state index contributed by atoms with van der Waals surface area (Å²) in [7, 11) is 0. The Balaban J connectivity index is 1.41. The summed E-state index contributed by atoms with van der Waals surface area (Å²) < 4.78 is 5.75. The van der Waals surface area contributed by atoms with Gasteiger partial charge >= 0.3 is 0 Å². The average molecular weight is 362 g/mol. The number of hydrogen-bond acceptors (Lipinski definition) is 3. The van der Waals surface area contributed by atoms with Crippen molar-refractivity contribution in [3.63, 3.8) is 0 Å². The summed E-state index contributed by atoms with van der Waals surface area (Å²) in [5.41, 5.74) is 0.420. The van der Waals surface area contributed by atoms with Gasteiger partial charge in [-0.3, -0.25) is 9.59 Å². The van der Waals surface area contributed by atoms with Gasteiger partial charge in [0.15, 0.2) is 5.78 Å². The molecule has 4 aliphatic rings. The van der Waals surface area contributed by atoms with Crippen LogP contribution in [0.4, 0.5) is 5.69 Å². The average Bonchev–Trinajstić information content (AvgIpc) is 2.53. The highest BCUT2D eigenvalue weighted by molar-refractivity contribution is 6.33. The van der Waals surface area contributed by atoms with Crippen molar-refractivity contribution in [2.45, 2.75) is 45.4 Å². The molecule has 0 spiro atoms. The van der Waals surface area contributed by atoms with Crippen LogP contribution in [0.1, 0.15) is 45.4 Å². The zero-order valence-electron chi connectivity index (χ0n) is 14.5. The normalized spacial score (nSPS) is 32.5. The van der Waals surface area contributed by atoms with Crippen LogP contribution in [0.15, 0.2) is 18.2 Å². The standard InChI is InChI=1S/C20H24ClNO3/c1-12(23)22-18-3-2-16(7-17(18)21)25-11-19(24)20-8-13-4-14(9-20)6-15(5-13)10-20/h2-3,7,13-15H,4-6,8-11H2,1H3,(H,22,23). The minimum atomic E-state index is -0.174. The molecule has 0 heterocycles. The van der Waals surface area contributed by atoms with E-state index in [1.807, 2.05) is 0 Å². The van der Waals surface area contributed by atoms with Crippen LogP contribution in [0.5, 0.6) is 5.75 Å². The molecular weight excluding hydrogens is 338 g/mol. The highest BCUT2D eigenvalue weighted by Crippen LogP contribution is 2.60. The number of anilines is 1. The first kappa shape index (κ1) is 16.9. The van der Waals surface area contributed by atoms with Gasteiger partial charge in [0.25, 0.3) is 0 Å². The maximum Gasteiger partial charge on any atom is 0.221 e. The molecule has 134 valence electrons. The fraction of sp³-hybridized carbons (Fsp3) is 0.600. The monoisotopic (exact) mass is 361 g/mol. The van der Waals surface area contributed by atoms with Gasteiger partial charge in [-0.05, 0) is 68.4 Å². The number of halogens is 1. The highest BCUT2D eigenvalue weighted by atomic mass is 35.5. The molecule has 0 aromatic heterocycles. The number of hydrogen-bond donors (Lipinski definition) is 1. The lowest BCUT2D eigenvalue weighted by atomic mass is 9.48. The van der Waals surface area contributed by atoms with Crippen LogP contribution in [-0.4, -0.2) is 18.3 Å². The fourth-order valence-corrected chi connectivity index (χ4v) is 5.85. The Morgan fingerprint density at radius 2 is 1.76 bits per heavy atom. The first-order valence-electron chi connectivity index (χ1n) is 9.17. The van der Waals surface area contributed by atoms with Crippen molar-refractivity contribution >= 4 is 29.0 Å². The third kappa shape index (κ3) is 3.29. The van der Waals surface area contributed by atoms with Gasteiger partial charge in [-0.1, -0.05) is 11.6 Å². The number of benzene rings is 1. The van der Waals surface area contributed by atoms with E-state index in [2.05, 4.69) is 5.32 Å². The summed E-state index contributed by atoms with van der Waals surface area (Å²) in [5.74, 6) is 2.91. The largest absolute Gasteiger partial charge is 0.486 e.